The van der Waals surface area contributed by atoms with Gasteiger partial charge in [0.05, 0.1) is 6.61 Å². The molecule has 0 saturated carbocycles. The Hall–Kier alpha value is -0.900. The van der Waals surface area contributed by atoms with E-state index in [1.807, 2.05) is 0 Å². The van der Waals surface area contributed by atoms with Crippen LogP contribution in [0.15, 0.2) is 18.2 Å². The van der Waals surface area contributed by atoms with E-state index in [0.717, 1.165) is 39.3 Å². The Morgan fingerprint density at radius 2 is 2.22 bits per heavy atom. The zero-order valence-corrected chi connectivity index (χ0v) is 11.1. The zero-order valence-electron chi connectivity index (χ0n) is 11.1. The van der Waals surface area contributed by atoms with Crippen LogP contribution in [0.4, 0.5) is 0 Å². The molecule has 0 aromatic heterocycles. The molecule has 0 spiro atoms. The number of rotatable bonds is 3. The van der Waals surface area contributed by atoms with Gasteiger partial charge < -0.3 is 15.4 Å². The van der Waals surface area contributed by atoms with Crippen molar-refractivity contribution < 1.29 is 4.74 Å². The summed E-state index contributed by atoms with van der Waals surface area (Å²) in [5.74, 6) is 0. The summed E-state index contributed by atoms with van der Waals surface area (Å²) in [6.07, 6.45) is 2.37. The summed E-state index contributed by atoms with van der Waals surface area (Å²) in [6.45, 7) is 6.99. The number of ether oxygens (including phenoxy) is 1. The maximum Gasteiger partial charge on any atom is 0.0645 e. The third-order valence-corrected chi connectivity index (χ3v) is 4.06. The molecule has 0 aliphatic carbocycles. The number of hydrogen-bond donors (Lipinski definition) is 2. The van der Waals surface area contributed by atoms with Gasteiger partial charge in [-0.15, -0.1) is 0 Å². The number of hydrogen-bond acceptors (Lipinski definition) is 3. The van der Waals surface area contributed by atoms with Gasteiger partial charge in [-0.1, -0.05) is 18.2 Å². The fourth-order valence-corrected chi connectivity index (χ4v) is 2.85. The summed E-state index contributed by atoms with van der Waals surface area (Å²) in [6, 6.07) is 6.83. The number of benzene rings is 1. The standard InChI is InChI=1S/C15H22N2O/c1-15(5-2-6-18-11-15)17-8-12-3-4-13-9-16-10-14(13)7-12/h3-4,7,16-17H,2,5-6,8-11H2,1H3. The topological polar surface area (TPSA) is 33.3 Å². The van der Waals surface area contributed by atoms with Gasteiger partial charge in [0.15, 0.2) is 0 Å². The minimum Gasteiger partial charge on any atom is -0.380 e. The Balaban J connectivity index is 1.62. The Kier molecular flexibility index (Phi) is 3.37. The molecule has 1 atom stereocenters. The van der Waals surface area contributed by atoms with Crippen LogP contribution in [0.25, 0.3) is 0 Å². The van der Waals surface area contributed by atoms with Crippen LogP contribution in [-0.4, -0.2) is 18.8 Å². The fraction of sp³-hybridized carbons (Fsp3) is 0.600. The molecule has 3 rings (SSSR count). The first-order chi connectivity index (χ1) is 8.75. The summed E-state index contributed by atoms with van der Waals surface area (Å²) in [4.78, 5) is 0. The van der Waals surface area contributed by atoms with Gasteiger partial charge in [-0.3, -0.25) is 0 Å². The first kappa shape index (κ1) is 12.2. The molecule has 1 aromatic carbocycles. The molecule has 98 valence electrons. The smallest absolute Gasteiger partial charge is 0.0645 e. The molecule has 2 heterocycles. The van der Waals surface area contributed by atoms with Crippen LogP contribution in [0.1, 0.15) is 36.5 Å². The van der Waals surface area contributed by atoms with E-state index >= 15 is 0 Å². The molecule has 2 aliphatic rings. The lowest BCUT2D eigenvalue weighted by Crippen LogP contribution is -2.48. The third-order valence-electron chi connectivity index (χ3n) is 4.06. The second-order valence-corrected chi connectivity index (χ2v) is 5.78. The molecule has 2 aliphatic heterocycles. The van der Waals surface area contributed by atoms with E-state index in [-0.39, 0.29) is 5.54 Å². The lowest BCUT2D eigenvalue weighted by atomic mass is 9.94. The molecule has 0 amide bonds. The second kappa shape index (κ2) is 5.00. The molecule has 1 unspecified atom stereocenters. The fourth-order valence-electron chi connectivity index (χ4n) is 2.85. The molecule has 0 radical (unpaired) electrons. The molecule has 3 heteroatoms. The SMILES string of the molecule is CC1(NCc2ccc3c(c2)CNC3)CCCOC1. The summed E-state index contributed by atoms with van der Waals surface area (Å²) in [5, 5.41) is 7.05. The van der Waals surface area contributed by atoms with Crippen molar-refractivity contribution in [3.63, 3.8) is 0 Å². The molecule has 3 nitrogen and oxygen atoms in total. The van der Waals surface area contributed by atoms with E-state index in [2.05, 4.69) is 35.8 Å². The van der Waals surface area contributed by atoms with Crippen molar-refractivity contribution in [3.8, 4) is 0 Å². The first-order valence-corrected chi connectivity index (χ1v) is 6.89. The third kappa shape index (κ3) is 2.58. The lowest BCUT2D eigenvalue weighted by molar-refractivity contribution is 0.0278. The Labute approximate surface area is 109 Å². The largest absolute Gasteiger partial charge is 0.380 e. The van der Waals surface area contributed by atoms with Gasteiger partial charge in [-0.05, 0) is 36.5 Å². The van der Waals surface area contributed by atoms with Gasteiger partial charge in [0.25, 0.3) is 0 Å². The highest BCUT2D eigenvalue weighted by Gasteiger charge is 2.26. The second-order valence-electron chi connectivity index (χ2n) is 5.78. The maximum absolute atomic E-state index is 5.58. The number of nitrogens with one attached hydrogen (secondary N) is 2. The zero-order chi connectivity index (χ0) is 12.4. The van der Waals surface area contributed by atoms with Gasteiger partial charge in [-0.25, -0.2) is 0 Å². The van der Waals surface area contributed by atoms with Crippen LogP contribution in [0, 0.1) is 0 Å². The van der Waals surface area contributed by atoms with Gasteiger partial charge in [0.2, 0.25) is 0 Å². The van der Waals surface area contributed by atoms with E-state index in [0.29, 0.717) is 0 Å². The predicted octanol–water partition coefficient (Wildman–Crippen LogP) is 1.95. The monoisotopic (exact) mass is 246 g/mol. The molecule has 0 bridgehead atoms. The van der Waals surface area contributed by atoms with Crippen molar-refractivity contribution in [2.24, 2.45) is 0 Å². The van der Waals surface area contributed by atoms with Crippen molar-refractivity contribution in [1.82, 2.24) is 10.6 Å². The average molecular weight is 246 g/mol. The van der Waals surface area contributed by atoms with Gasteiger partial charge in [0, 0.05) is 31.8 Å². The van der Waals surface area contributed by atoms with Crippen LogP contribution in [0.3, 0.4) is 0 Å². The van der Waals surface area contributed by atoms with Crippen LogP contribution in [0.5, 0.6) is 0 Å². The Bertz CT molecular complexity index is 425. The summed E-state index contributed by atoms with van der Waals surface area (Å²) in [7, 11) is 0. The lowest BCUT2D eigenvalue weighted by Gasteiger charge is -2.34. The van der Waals surface area contributed by atoms with Crippen molar-refractivity contribution >= 4 is 0 Å². The van der Waals surface area contributed by atoms with Crippen molar-refractivity contribution in [2.75, 3.05) is 13.2 Å². The molecule has 1 fully saturated rings. The van der Waals surface area contributed by atoms with Crippen LogP contribution in [-0.2, 0) is 24.4 Å². The predicted molar refractivity (Wildman–Crippen MR) is 72.3 cm³/mol. The van der Waals surface area contributed by atoms with Crippen molar-refractivity contribution in [3.05, 3.63) is 34.9 Å². The summed E-state index contributed by atoms with van der Waals surface area (Å²) >= 11 is 0. The highest BCUT2D eigenvalue weighted by Crippen LogP contribution is 2.20. The molecule has 1 saturated heterocycles. The van der Waals surface area contributed by atoms with Crippen LogP contribution < -0.4 is 10.6 Å². The van der Waals surface area contributed by atoms with E-state index in [1.165, 1.54) is 23.1 Å². The molecular weight excluding hydrogens is 224 g/mol. The minimum absolute atomic E-state index is 0.148. The highest BCUT2D eigenvalue weighted by molar-refractivity contribution is 5.34. The van der Waals surface area contributed by atoms with Crippen molar-refractivity contribution in [1.29, 1.82) is 0 Å². The summed E-state index contributed by atoms with van der Waals surface area (Å²) < 4.78 is 5.58. The van der Waals surface area contributed by atoms with Gasteiger partial charge in [-0.2, -0.15) is 0 Å². The van der Waals surface area contributed by atoms with Crippen LogP contribution in [0.2, 0.25) is 0 Å². The summed E-state index contributed by atoms with van der Waals surface area (Å²) in [5.41, 5.74) is 4.43. The van der Waals surface area contributed by atoms with E-state index in [4.69, 9.17) is 4.74 Å². The Morgan fingerprint density at radius 1 is 1.33 bits per heavy atom. The number of fused-ring (bicyclic) bond motifs is 1. The minimum atomic E-state index is 0.148. The van der Waals surface area contributed by atoms with Crippen molar-refractivity contribution in [2.45, 2.75) is 44.9 Å². The molecule has 1 aromatic rings. The van der Waals surface area contributed by atoms with E-state index in [1.54, 1.807) is 0 Å². The van der Waals surface area contributed by atoms with Crippen LogP contribution >= 0.6 is 0 Å². The Morgan fingerprint density at radius 3 is 3.06 bits per heavy atom. The van der Waals surface area contributed by atoms with Gasteiger partial charge >= 0.3 is 0 Å². The first-order valence-electron chi connectivity index (χ1n) is 6.89. The van der Waals surface area contributed by atoms with Gasteiger partial charge in [0.1, 0.15) is 0 Å². The van der Waals surface area contributed by atoms with E-state index in [9.17, 15) is 0 Å². The quantitative estimate of drug-likeness (QED) is 0.855. The normalized spacial score (nSPS) is 27.2. The molecule has 18 heavy (non-hydrogen) atoms. The maximum atomic E-state index is 5.58. The highest BCUT2D eigenvalue weighted by atomic mass is 16.5. The molecular formula is C15H22N2O. The average Bonchev–Trinajstić information content (AvgIpc) is 2.85. The molecule has 2 N–H and O–H groups in total. The van der Waals surface area contributed by atoms with E-state index < -0.39 is 0 Å².